The first-order valence-electron chi connectivity index (χ1n) is 25.7. The molecule has 8 amide bonds. The van der Waals surface area contributed by atoms with Gasteiger partial charge in [0, 0.05) is 23.6 Å². The molecule has 5 rings (SSSR count). The molecule has 0 aliphatic heterocycles. The molecule has 5 aromatic rings. The van der Waals surface area contributed by atoms with Crippen LogP contribution >= 0.6 is 11.6 Å². The number of aliphatic carboxylic acids is 1. The number of benzene rings is 5. The van der Waals surface area contributed by atoms with Gasteiger partial charge in [0.25, 0.3) is 0 Å². The molecule has 21 heteroatoms. The summed E-state index contributed by atoms with van der Waals surface area (Å²) in [6.45, 7) is 14.2. The molecule has 0 saturated heterocycles. The summed E-state index contributed by atoms with van der Waals surface area (Å²) >= 11 is 6.18. The third kappa shape index (κ3) is 17.7. The lowest BCUT2D eigenvalue weighted by molar-refractivity contribution is -0.141. The van der Waals surface area contributed by atoms with Gasteiger partial charge < -0.3 is 57.1 Å². The smallest absolute Gasteiger partial charge is 0.408 e. The lowest BCUT2D eigenvalue weighted by atomic mass is 9.90. The van der Waals surface area contributed by atoms with Crippen molar-refractivity contribution in [3.05, 3.63) is 95.0 Å². The molecule has 414 valence electrons. The molecular weight excluding hydrogens is 1010 g/mol. The first-order valence-corrected chi connectivity index (χ1v) is 26.0. The van der Waals surface area contributed by atoms with Gasteiger partial charge in [0.05, 0.1) is 0 Å². The van der Waals surface area contributed by atoms with Crippen LogP contribution in [0.15, 0.2) is 78.9 Å². The highest BCUT2D eigenvalue weighted by Gasteiger charge is 2.32. The number of nitrogens with one attached hydrogen (secondary N) is 8. The van der Waals surface area contributed by atoms with Gasteiger partial charge in [0.15, 0.2) is 0 Å². The zero-order chi connectivity index (χ0) is 56.7. The van der Waals surface area contributed by atoms with Crippen molar-refractivity contribution >= 4 is 97.5 Å². The van der Waals surface area contributed by atoms with E-state index in [1.165, 1.54) is 27.7 Å². The second-order valence-corrected chi connectivity index (χ2v) is 21.0. The van der Waals surface area contributed by atoms with Crippen LogP contribution in [0.1, 0.15) is 99.1 Å². The maximum Gasteiger partial charge on any atom is 0.408 e. The van der Waals surface area contributed by atoms with Crippen LogP contribution in [0.25, 0.3) is 32.3 Å². The Balaban J connectivity index is 1.29. The van der Waals surface area contributed by atoms with Crippen LogP contribution in [0, 0.1) is 5.92 Å². The van der Waals surface area contributed by atoms with Crippen molar-refractivity contribution in [2.24, 2.45) is 5.92 Å². The highest BCUT2D eigenvalue weighted by molar-refractivity contribution is 6.31. The van der Waals surface area contributed by atoms with E-state index >= 15 is 0 Å². The molecule has 0 heterocycles. The molecule has 0 aromatic heterocycles. The van der Waals surface area contributed by atoms with E-state index in [0.717, 1.165) is 32.3 Å². The largest absolute Gasteiger partial charge is 0.480 e. The molecule has 9 N–H and O–H groups in total. The van der Waals surface area contributed by atoms with E-state index in [0.29, 0.717) is 22.6 Å². The zero-order valence-electron chi connectivity index (χ0n) is 44.9. The van der Waals surface area contributed by atoms with Gasteiger partial charge in [-0.25, -0.2) is 9.59 Å². The van der Waals surface area contributed by atoms with Gasteiger partial charge in [-0.1, -0.05) is 98.2 Å². The Hall–Kier alpha value is -7.74. The second kappa shape index (κ2) is 27.3. The molecule has 77 heavy (non-hydrogen) atoms. The van der Waals surface area contributed by atoms with Gasteiger partial charge in [-0.05, 0) is 124 Å². The average Bonchev–Trinajstić information content (AvgIpc) is 3.36. The van der Waals surface area contributed by atoms with E-state index in [1.54, 1.807) is 45.0 Å². The standard InChI is InChI=1S/C56H71ClN8O12/c1-30(2)27-43(64-49(68)33(5)62-55(75)77-56(7,8)9)51(70)60-31(3)47(66)63-42(19-12-13-26-58-54(74)76-29-39-15-10-11-18-41(39)57)50(69)59-32(4)48(67)65-44(52(71)61-34(6)53(72)73)28-38-23-22-37-21-20-35-16-14-17-36-24-25-40(38)46(37)45(35)36/h10-11,14-18,20-25,30-34,42-44H,12-13,19,26-29H2,1-9H3,(H,58,74)(H,59,69)(H,60,70)(H,61,71)(H,62,75)(H,63,66)(H,64,68)(H,65,67)(H,72,73)/t31-,32-,33-,34-,42-,43-,44-/m0/s1. The van der Waals surface area contributed by atoms with E-state index in [4.69, 9.17) is 21.1 Å². The molecule has 0 bridgehead atoms. The number of carboxylic acid groups (broad SMARTS) is 1. The van der Waals surface area contributed by atoms with Crippen molar-refractivity contribution in [1.82, 2.24) is 42.5 Å². The number of amides is 8. The van der Waals surface area contributed by atoms with Gasteiger partial charge in [0.1, 0.15) is 54.5 Å². The highest BCUT2D eigenvalue weighted by atomic mass is 35.5. The minimum atomic E-state index is -1.31. The van der Waals surface area contributed by atoms with Crippen molar-refractivity contribution in [2.75, 3.05) is 6.54 Å². The normalized spacial score (nSPS) is 14.2. The summed E-state index contributed by atoms with van der Waals surface area (Å²) in [4.78, 5) is 119. The maximum atomic E-state index is 14.1. The van der Waals surface area contributed by atoms with Crippen LogP contribution < -0.4 is 42.5 Å². The Morgan fingerprint density at radius 1 is 0.532 bits per heavy atom. The summed E-state index contributed by atoms with van der Waals surface area (Å²) < 4.78 is 10.5. The molecule has 7 atom stereocenters. The average molecular weight is 1080 g/mol. The first-order chi connectivity index (χ1) is 36.3. The second-order valence-electron chi connectivity index (χ2n) is 20.6. The van der Waals surface area contributed by atoms with Crippen LogP contribution in [0.3, 0.4) is 0 Å². The highest BCUT2D eigenvalue weighted by Crippen LogP contribution is 2.36. The molecule has 0 saturated carbocycles. The number of carbonyl (C=O) groups is 9. The number of carbonyl (C=O) groups excluding carboxylic acids is 8. The molecule has 0 radical (unpaired) electrons. The van der Waals surface area contributed by atoms with Crippen LogP contribution in [0.4, 0.5) is 9.59 Å². The minimum Gasteiger partial charge on any atom is -0.480 e. The summed E-state index contributed by atoms with van der Waals surface area (Å²) in [5.74, 6) is -5.93. The summed E-state index contributed by atoms with van der Waals surface area (Å²) in [7, 11) is 0. The summed E-state index contributed by atoms with van der Waals surface area (Å²) in [6.07, 6.45) is -0.862. The first kappa shape index (κ1) is 60.1. The Morgan fingerprint density at radius 3 is 1.65 bits per heavy atom. The predicted octanol–water partition coefficient (Wildman–Crippen LogP) is 5.89. The fourth-order valence-corrected chi connectivity index (χ4v) is 8.61. The molecule has 0 aliphatic carbocycles. The fourth-order valence-electron chi connectivity index (χ4n) is 8.42. The Labute approximate surface area is 452 Å². The SMILES string of the molecule is CC(C)C[C@H](NC(=O)[C@H](C)NC(=O)OC(C)(C)C)C(=O)N[C@@H](C)C(=O)N[C@@H](CCCCNC(=O)OCc1ccccc1Cl)C(=O)N[C@@H](C)C(=O)N[C@@H](Cc1ccc2ccc3cccc4ccc1c2c34)C(=O)N[C@@H](C)C(=O)O. The lowest BCUT2D eigenvalue weighted by Crippen LogP contribution is -2.59. The predicted molar refractivity (Wildman–Crippen MR) is 292 cm³/mol. The van der Waals surface area contributed by atoms with Crippen molar-refractivity contribution in [1.29, 1.82) is 0 Å². The van der Waals surface area contributed by atoms with Crippen LogP contribution in [0.5, 0.6) is 0 Å². The number of alkyl carbamates (subject to hydrolysis) is 2. The number of rotatable bonds is 25. The van der Waals surface area contributed by atoms with Crippen molar-refractivity contribution in [3.63, 3.8) is 0 Å². The van der Waals surface area contributed by atoms with E-state index in [2.05, 4.69) is 42.5 Å². The number of ether oxygens (including phenoxy) is 2. The molecule has 0 aliphatic rings. The van der Waals surface area contributed by atoms with Crippen molar-refractivity contribution in [3.8, 4) is 0 Å². The Morgan fingerprint density at radius 2 is 1.05 bits per heavy atom. The Bertz CT molecular complexity index is 2930. The summed E-state index contributed by atoms with van der Waals surface area (Å²) in [5, 5.41) is 36.7. The van der Waals surface area contributed by atoms with E-state index in [-0.39, 0.29) is 44.8 Å². The number of halogens is 1. The van der Waals surface area contributed by atoms with Gasteiger partial charge in [0.2, 0.25) is 35.4 Å². The van der Waals surface area contributed by atoms with Gasteiger partial charge in [-0.3, -0.25) is 33.6 Å². The zero-order valence-corrected chi connectivity index (χ0v) is 45.6. The number of unbranched alkanes of at least 4 members (excludes halogenated alkanes) is 1. The van der Waals surface area contributed by atoms with Crippen LogP contribution in [-0.4, -0.2) is 113 Å². The number of hydrogen-bond acceptors (Lipinski definition) is 11. The number of carboxylic acids is 1. The lowest BCUT2D eigenvalue weighted by Gasteiger charge is -2.26. The molecular formula is C56H71ClN8O12. The maximum absolute atomic E-state index is 14.1. The molecule has 0 spiro atoms. The topological polar surface area (TPSA) is 289 Å². The monoisotopic (exact) mass is 1080 g/mol. The van der Waals surface area contributed by atoms with Crippen molar-refractivity contribution in [2.45, 2.75) is 149 Å². The van der Waals surface area contributed by atoms with Gasteiger partial charge in [-0.2, -0.15) is 0 Å². The van der Waals surface area contributed by atoms with E-state index in [1.807, 2.05) is 68.4 Å². The molecule has 20 nitrogen and oxygen atoms in total. The van der Waals surface area contributed by atoms with Gasteiger partial charge in [-0.15, -0.1) is 0 Å². The third-order valence-electron chi connectivity index (χ3n) is 12.5. The van der Waals surface area contributed by atoms with Crippen LogP contribution in [0.2, 0.25) is 5.02 Å². The van der Waals surface area contributed by atoms with E-state index in [9.17, 15) is 48.3 Å². The van der Waals surface area contributed by atoms with Crippen molar-refractivity contribution < 1.29 is 57.7 Å². The molecule has 5 aromatic carbocycles. The minimum absolute atomic E-state index is 0.00966. The summed E-state index contributed by atoms with van der Waals surface area (Å²) in [5.41, 5.74) is 0.489. The third-order valence-corrected chi connectivity index (χ3v) is 12.9. The Kier molecular flexibility index (Phi) is 21.4. The summed E-state index contributed by atoms with van der Waals surface area (Å²) in [6, 6.07) is 15.9. The van der Waals surface area contributed by atoms with Crippen LogP contribution in [-0.2, 0) is 56.1 Å². The fraction of sp³-hybridized carbons (Fsp3) is 0.446. The van der Waals surface area contributed by atoms with Gasteiger partial charge >= 0.3 is 18.2 Å². The van der Waals surface area contributed by atoms with E-state index < -0.39 is 101 Å². The molecule has 0 unspecified atom stereocenters. The number of hydrogen-bond donors (Lipinski definition) is 9. The molecule has 0 fully saturated rings. The quantitative estimate of drug-likeness (QED) is 0.0244.